The highest BCUT2D eigenvalue weighted by Crippen LogP contribution is 2.38. The molecule has 18 heavy (non-hydrogen) atoms. The minimum Gasteiger partial charge on any atom is -0.493 e. The molecule has 2 rings (SSSR count). The van der Waals surface area contributed by atoms with E-state index < -0.39 is 5.97 Å². The van der Waals surface area contributed by atoms with Crippen LogP contribution in [0.5, 0.6) is 11.5 Å². The molecule has 1 atom stereocenters. The van der Waals surface area contributed by atoms with Gasteiger partial charge in [-0.1, -0.05) is 0 Å². The number of hydrogen-bond donors (Lipinski definition) is 1. The zero-order valence-corrected chi connectivity index (χ0v) is 10.8. The summed E-state index contributed by atoms with van der Waals surface area (Å²) >= 11 is 0. The van der Waals surface area contributed by atoms with Gasteiger partial charge in [0.05, 0.1) is 25.5 Å². The van der Waals surface area contributed by atoms with Gasteiger partial charge in [-0.2, -0.15) is 0 Å². The van der Waals surface area contributed by atoms with Crippen molar-refractivity contribution in [1.29, 1.82) is 0 Å². The van der Waals surface area contributed by atoms with Crippen molar-refractivity contribution in [3.8, 4) is 11.5 Å². The second-order valence-corrected chi connectivity index (χ2v) is 4.36. The van der Waals surface area contributed by atoms with Crippen molar-refractivity contribution in [3.05, 3.63) is 17.7 Å². The van der Waals surface area contributed by atoms with E-state index in [4.69, 9.17) is 9.47 Å². The van der Waals surface area contributed by atoms with E-state index in [-0.39, 0.29) is 5.56 Å². The van der Waals surface area contributed by atoms with E-state index in [2.05, 4.69) is 11.8 Å². The number of benzene rings is 1. The molecule has 5 nitrogen and oxygen atoms in total. The normalized spacial score (nSPS) is 18.2. The van der Waals surface area contributed by atoms with Crippen molar-refractivity contribution >= 4 is 11.7 Å². The highest BCUT2D eigenvalue weighted by atomic mass is 16.5. The molecule has 1 aromatic carbocycles. The number of aromatic carboxylic acids is 1. The summed E-state index contributed by atoms with van der Waals surface area (Å²) in [5.41, 5.74) is 0.943. The van der Waals surface area contributed by atoms with Crippen LogP contribution in [0.25, 0.3) is 0 Å². The maximum Gasteiger partial charge on any atom is 0.337 e. The molecule has 1 aromatic rings. The predicted octanol–water partition coefficient (Wildman–Crippen LogP) is 2.00. The standard InChI is InChI=1S/C13H17NO4/c1-8-4-5-14(8)10-7-12(18-3)11(17-2)6-9(10)13(15)16/h6-8H,4-5H2,1-3H3,(H,15,16). The first-order valence-corrected chi connectivity index (χ1v) is 5.84. The lowest BCUT2D eigenvalue weighted by molar-refractivity contribution is 0.0696. The van der Waals surface area contributed by atoms with Gasteiger partial charge in [-0.05, 0) is 13.3 Å². The Kier molecular flexibility index (Phi) is 3.32. The fourth-order valence-electron chi connectivity index (χ4n) is 2.15. The van der Waals surface area contributed by atoms with Crippen LogP contribution < -0.4 is 14.4 Å². The van der Waals surface area contributed by atoms with Crippen LogP contribution in [0.15, 0.2) is 12.1 Å². The smallest absolute Gasteiger partial charge is 0.337 e. The van der Waals surface area contributed by atoms with Crippen LogP contribution in [-0.4, -0.2) is 37.9 Å². The zero-order valence-electron chi connectivity index (χ0n) is 10.8. The van der Waals surface area contributed by atoms with Crippen molar-refractivity contribution < 1.29 is 19.4 Å². The van der Waals surface area contributed by atoms with E-state index in [1.54, 1.807) is 13.2 Å². The highest BCUT2D eigenvalue weighted by molar-refractivity contribution is 5.96. The fraction of sp³-hybridized carbons (Fsp3) is 0.462. The van der Waals surface area contributed by atoms with Crippen LogP contribution in [0, 0.1) is 0 Å². The van der Waals surface area contributed by atoms with E-state index in [1.165, 1.54) is 13.2 Å². The molecule has 1 aliphatic heterocycles. The first-order valence-electron chi connectivity index (χ1n) is 5.84. The fourth-order valence-corrected chi connectivity index (χ4v) is 2.15. The second kappa shape index (κ2) is 4.76. The number of carbonyl (C=O) groups is 1. The molecule has 5 heteroatoms. The third-order valence-corrected chi connectivity index (χ3v) is 3.36. The molecular weight excluding hydrogens is 234 g/mol. The maximum absolute atomic E-state index is 11.3. The maximum atomic E-state index is 11.3. The lowest BCUT2D eigenvalue weighted by Crippen LogP contribution is -2.46. The van der Waals surface area contributed by atoms with Gasteiger partial charge in [0.1, 0.15) is 0 Å². The van der Waals surface area contributed by atoms with E-state index in [0.29, 0.717) is 23.2 Å². The van der Waals surface area contributed by atoms with E-state index >= 15 is 0 Å². The lowest BCUT2D eigenvalue weighted by Gasteiger charge is -2.41. The third-order valence-electron chi connectivity index (χ3n) is 3.36. The Labute approximate surface area is 106 Å². The molecule has 1 fully saturated rings. The summed E-state index contributed by atoms with van der Waals surface area (Å²) in [7, 11) is 3.04. The summed E-state index contributed by atoms with van der Waals surface area (Å²) in [4.78, 5) is 13.4. The van der Waals surface area contributed by atoms with Crippen LogP contribution in [-0.2, 0) is 0 Å². The molecule has 0 saturated carbocycles. The number of rotatable bonds is 4. The summed E-state index contributed by atoms with van der Waals surface area (Å²) in [5.74, 6) is 0.0356. The minimum absolute atomic E-state index is 0.249. The van der Waals surface area contributed by atoms with Crippen LogP contribution >= 0.6 is 0 Å². The van der Waals surface area contributed by atoms with Gasteiger partial charge >= 0.3 is 5.97 Å². The SMILES string of the molecule is COc1cc(C(=O)O)c(N2CCC2C)cc1OC. The number of ether oxygens (including phenoxy) is 2. The van der Waals surface area contributed by atoms with Crippen molar-refractivity contribution in [2.45, 2.75) is 19.4 Å². The average molecular weight is 251 g/mol. The van der Waals surface area contributed by atoms with Crippen molar-refractivity contribution in [3.63, 3.8) is 0 Å². The molecule has 1 saturated heterocycles. The molecule has 0 bridgehead atoms. The molecule has 0 aromatic heterocycles. The zero-order chi connectivity index (χ0) is 13.3. The summed E-state index contributed by atoms with van der Waals surface area (Å²) in [6.07, 6.45) is 1.08. The summed E-state index contributed by atoms with van der Waals surface area (Å²) < 4.78 is 10.4. The minimum atomic E-state index is -0.954. The molecule has 0 amide bonds. The van der Waals surface area contributed by atoms with Crippen LogP contribution in [0.1, 0.15) is 23.7 Å². The lowest BCUT2D eigenvalue weighted by atomic mass is 10.0. The van der Waals surface area contributed by atoms with Crippen LogP contribution in [0.2, 0.25) is 0 Å². The second-order valence-electron chi connectivity index (χ2n) is 4.36. The van der Waals surface area contributed by atoms with Gasteiger partial charge in [0, 0.05) is 24.7 Å². The molecule has 0 radical (unpaired) electrons. The molecule has 1 N–H and O–H groups in total. The van der Waals surface area contributed by atoms with Gasteiger partial charge in [-0.25, -0.2) is 4.79 Å². The predicted molar refractivity (Wildman–Crippen MR) is 67.9 cm³/mol. The molecule has 1 heterocycles. The Morgan fingerprint density at radius 2 is 1.94 bits per heavy atom. The largest absolute Gasteiger partial charge is 0.493 e. The van der Waals surface area contributed by atoms with Gasteiger partial charge in [-0.15, -0.1) is 0 Å². The first-order chi connectivity index (χ1) is 8.58. The number of hydrogen-bond acceptors (Lipinski definition) is 4. The number of nitrogens with zero attached hydrogens (tertiary/aromatic N) is 1. The van der Waals surface area contributed by atoms with Crippen molar-refractivity contribution in [2.75, 3.05) is 25.7 Å². The van der Waals surface area contributed by atoms with Crippen LogP contribution in [0.3, 0.4) is 0 Å². The monoisotopic (exact) mass is 251 g/mol. The van der Waals surface area contributed by atoms with Crippen LogP contribution in [0.4, 0.5) is 5.69 Å². The van der Waals surface area contributed by atoms with E-state index in [0.717, 1.165) is 13.0 Å². The molecule has 1 aliphatic rings. The molecule has 0 aliphatic carbocycles. The number of anilines is 1. The summed E-state index contributed by atoms with van der Waals surface area (Å²) in [5, 5.41) is 9.28. The molecular formula is C13H17NO4. The third kappa shape index (κ3) is 1.96. The Balaban J connectivity index is 2.51. The average Bonchev–Trinajstić information content (AvgIpc) is 2.35. The quantitative estimate of drug-likeness (QED) is 0.887. The Hall–Kier alpha value is -1.91. The van der Waals surface area contributed by atoms with Crippen molar-refractivity contribution in [2.24, 2.45) is 0 Å². The van der Waals surface area contributed by atoms with E-state index in [1.807, 2.05) is 0 Å². The Morgan fingerprint density at radius 1 is 1.33 bits per heavy atom. The van der Waals surface area contributed by atoms with Gasteiger partial charge in [0.15, 0.2) is 11.5 Å². The molecule has 1 unspecified atom stereocenters. The van der Waals surface area contributed by atoms with Gasteiger partial charge in [0.25, 0.3) is 0 Å². The molecule has 0 spiro atoms. The van der Waals surface area contributed by atoms with Crippen molar-refractivity contribution in [1.82, 2.24) is 0 Å². The summed E-state index contributed by atoms with van der Waals surface area (Å²) in [6.45, 7) is 2.95. The van der Waals surface area contributed by atoms with Gasteiger partial charge in [-0.3, -0.25) is 0 Å². The molecule has 98 valence electrons. The van der Waals surface area contributed by atoms with E-state index in [9.17, 15) is 9.90 Å². The highest BCUT2D eigenvalue weighted by Gasteiger charge is 2.29. The van der Waals surface area contributed by atoms with Gasteiger partial charge in [0.2, 0.25) is 0 Å². The topological polar surface area (TPSA) is 59.0 Å². The number of carboxylic acids is 1. The Bertz CT molecular complexity index is 472. The number of methoxy groups -OCH3 is 2. The number of carboxylic acid groups (broad SMARTS) is 1. The van der Waals surface area contributed by atoms with Gasteiger partial charge < -0.3 is 19.5 Å². The first kappa shape index (κ1) is 12.5. The Morgan fingerprint density at radius 3 is 2.33 bits per heavy atom. The summed E-state index contributed by atoms with van der Waals surface area (Å²) in [6, 6.07) is 3.61.